The topological polar surface area (TPSA) is 105 Å². The molecule has 0 aliphatic rings. The van der Waals surface area contributed by atoms with E-state index >= 15 is 0 Å². The molecule has 417 valence electrons. The van der Waals surface area contributed by atoms with Gasteiger partial charge in [0.2, 0.25) is 0 Å². The summed E-state index contributed by atoms with van der Waals surface area (Å²) in [6.07, 6.45) is 3.00. The van der Waals surface area contributed by atoms with E-state index in [1.54, 1.807) is 0 Å². The van der Waals surface area contributed by atoms with Crippen molar-refractivity contribution in [1.29, 1.82) is 0 Å². The largest absolute Gasteiger partial charge is 3.00 e. The number of benzene rings is 10. The van der Waals surface area contributed by atoms with Crippen molar-refractivity contribution < 1.29 is 72.5 Å². The molecule has 0 atom stereocenters. The molecule has 6 N–H and O–H groups in total. The zero-order valence-corrected chi connectivity index (χ0v) is 55.5. The average molecular weight is 1460 g/mol. The van der Waals surface area contributed by atoms with Crippen molar-refractivity contribution in [2.24, 2.45) is 0 Å². The number of aromatic hydroxyl groups is 4. The van der Waals surface area contributed by atoms with Crippen LogP contribution in [-0.4, -0.2) is 46.6 Å². The van der Waals surface area contributed by atoms with Crippen molar-refractivity contribution in [3.05, 3.63) is 336 Å². The third-order valence-corrected chi connectivity index (χ3v) is 13.5. The Hall–Kier alpha value is -6.49. The van der Waals surface area contributed by atoms with E-state index in [2.05, 4.69) is 70.2 Å². The molecule has 0 unspecified atom stereocenters. The van der Waals surface area contributed by atoms with E-state index in [-0.39, 0.29) is 52.0 Å². The molecule has 10 aromatic rings. The predicted molar refractivity (Wildman–Crippen MR) is 343 cm³/mol. The number of nitrogens with one attached hydrogen (secondary N) is 2. The summed E-state index contributed by atoms with van der Waals surface area (Å²) in [5, 5.41) is 47.9. The molecule has 0 heterocycles. The van der Waals surface area contributed by atoms with Gasteiger partial charge in [-0.05, 0) is 129 Å². The minimum Gasteiger partial charge on any atom is -0.507 e. The summed E-state index contributed by atoms with van der Waals surface area (Å²) in [6, 6.07) is 82.5. The monoisotopic (exact) mass is 1460 g/mol. The summed E-state index contributed by atoms with van der Waals surface area (Å²) in [4.78, 5) is 0. The first-order valence-corrected chi connectivity index (χ1v) is 28.0. The van der Waals surface area contributed by atoms with Crippen molar-refractivity contribution in [1.82, 2.24) is 10.6 Å². The maximum atomic E-state index is 10.6. The second-order valence-corrected chi connectivity index (χ2v) is 20.0. The molecular weight excluding hydrogens is 1390 g/mol. The van der Waals surface area contributed by atoms with Crippen LogP contribution >= 0.6 is 31.9 Å². The predicted octanol–water partition coefficient (Wildman–Crippen LogP) is 17.3. The Kier molecular flexibility index (Phi) is 34.6. The van der Waals surface area contributed by atoms with Crippen molar-refractivity contribution in [3.8, 4) is 45.3 Å². The summed E-state index contributed by atoms with van der Waals surface area (Å²) >= 11 is 6.67. The number of phenols is 4. The van der Waals surface area contributed by atoms with Crippen molar-refractivity contribution in [2.45, 2.75) is 25.7 Å². The summed E-state index contributed by atoms with van der Waals surface area (Å²) in [6.45, 7) is 17.9. The summed E-state index contributed by atoms with van der Waals surface area (Å²) in [5.74, 6) is 1.32. The summed E-state index contributed by atoms with van der Waals surface area (Å²) in [7, 11) is 0. The summed E-state index contributed by atoms with van der Waals surface area (Å²) < 4.78 is 1.44. The van der Waals surface area contributed by atoms with Gasteiger partial charge in [-0.1, -0.05) is 146 Å². The normalized spacial score (nSPS) is 9.78. The van der Waals surface area contributed by atoms with Crippen LogP contribution in [0.4, 0.5) is 0 Å². The number of para-hydroxylation sites is 4. The average Bonchev–Trinajstić information content (AvgIpc) is 3.49. The molecule has 6 nitrogen and oxygen atoms in total. The van der Waals surface area contributed by atoms with Crippen LogP contribution in [-0.2, 0) is 77.7 Å². The molecule has 10 rings (SSSR count). The summed E-state index contributed by atoms with van der Waals surface area (Å²) in [5.41, 5.74) is 11.8. The van der Waals surface area contributed by atoms with Gasteiger partial charge in [0.1, 0.15) is 23.0 Å². The van der Waals surface area contributed by atoms with Crippen molar-refractivity contribution in [3.63, 3.8) is 0 Å². The Labute approximate surface area is 543 Å². The van der Waals surface area contributed by atoms with Crippen LogP contribution in [0.25, 0.3) is 22.3 Å². The molecule has 0 aromatic heterocycles. The third kappa shape index (κ3) is 26.2. The van der Waals surface area contributed by atoms with E-state index < -0.39 is 0 Å². The minimum absolute atomic E-state index is 0. The van der Waals surface area contributed by atoms with Gasteiger partial charge in [-0.3, -0.25) is 0 Å². The van der Waals surface area contributed by atoms with E-state index in [9.17, 15) is 20.4 Å². The van der Waals surface area contributed by atoms with Gasteiger partial charge < -0.3 is 31.1 Å². The Morgan fingerprint density at radius 2 is 0.500 bits per heavy atom. The van der Waals surface area contributed by atoms with Gasteiger partial charge in [0.25, 0.3) is 0 Å². The molecular formula is C72H72Br2HfN2O4Zr-. The third-order valence-electron chi connectivity index (χ3n) is 12.2. The second kappa shape index (κ2) is 40.7. The second-order valence-electron chi connectivity index (χ2n) is 18.3. The van der Waals surface area contributed by atoms with E-state index in [0.717, 1.165) is 128 Å². The van der Waals surface area contributed by atoms with Gasteiger partial charge in [0.05, 0.1) is 8.95 Å². The van der Waals surface area contributed by atoms with Gasteiger partial charge >= 0.3 is 26.2 Å². The molecule has 10 heteroatoms. The molecule has 0 aliphatic carbocycles. The van der Waals surface area contributed by atoms with Gasteiger partial charge in [-0.15, -0.1) is 48.5 Å². The first-order valence-electron chi connectivity index (χ1n) is 26.5. The first-order chi connectivity index (χ1) is 38.9. The van der Waals surface area contributed by atoms with E-state index in [1.807, 2.05) is 255 Å². The molecule has 0 amide bonds. The van der Waals surface area contributed by atoms with Gasteiger partial charge in [0, 0.05) is 37.0 Å². The van der Waals surface area contributed by atoms with Crippen LogP contribution in [0.5, 0.6) is 23.0 Å². The van der Waals surface area contributed by atoms with E-state index in [4.69, 9.17) is 0 Å². The molecule has 0 spiro atoms. The van der Waals surface area contributed by atoms with Gasteiger partial charge in [-0.25, -0.2) is 0 Å². The molecule has 0 saturated heterocycles. The van der Waals surface area contributed by atoms with Crippen LogP contribution in [0.15, 0.2) is 264 Å². The molecule has 10 aromatic carbocycles. The quantitative estimate of drug-likeness (QED) is 0.0368. The minimum atomic E-state index is 0. The molecule has 1 radical (unpaired) electrons. The molecule has 0 saturated carbocycles. The maximum absolute atomic E-state index is 10.6. The van der Waals surface area contributed by atoms with Gasteiger partial charge in [-0.2, -0.15) is 98.5 Å². The standard InChI is InChI=1S/2C22H22BrNO2.4C7H7.Hf.Zr/c2*23-20-11-5-9-18(22(20)26)13-15-24-14-12-17-8-4-10-19(21(17)25)16-6-2-1-3-7-16;4*1-7-5-3-2-4-6-7;;/h2*1-11,24-26H,12-15H2;4*2-6H,1H2;;/q;;4*-1;;+3. The van der Waals surface area contributed by atoms with Crippen LogP contribution in [0.1, 0.15) is 44.5 Å². The fourth-order valence-electron chi connectivity index (χ4n) is 7.87. The molecule has 0 bridgehead atoms. The number of rotatable bonds is 14. The Morgan fingerprint density at radius 3 is 0.732 bits per heavy atom. The first kappa shape index (κ1) is 69.8. The molecule has 82 heavy (non-hydrogen) atoms. The fourth-order valence-corrected chi connectivity index (χ4v) is 8.68. The fraction of sp³-hybridized carbons (Fsp3) is 0.111. The van der Waals surface area contributed by atoms with E-state index in [0.29, 0.717) is 23.0 Å². The maximum Gasteiger partial charge on any atom is 3.00 e. The van der Waals surface area contributed by atoms with Crippen LogP contribution in [0.2, 0.25) is 0 Å². The van der Waals surface area contributed by atoms with E-state index in [1.165, 1.54) is 0 Å². The van der Waals surface area contributed by atoms with Crippen LogP contribution in [0, 0.1) is 27.7 Å². The smallest absolute Gasteiger partial charge is 0.507 e. The number of hydrogen-bond donors (Lipinski definition) is 6. The van der Waals surface area contributed by atoms with Gasteiger partial charge in [0.15, 0.2) is 0 Å². The Balaban J connectivity index is 0.000000288. The Morgan fingerprint density at radius 1 is 0.280 bits per heavy atom. The van der Waals surface area contributed by atoms with Crippen LogP contribution in [0.3, 0.4) is 0 Å². The van der Waals surface area contributed by atoms with Crippen molar-refractivity contribution in [2.75, 3.05) is 26.2 Å². The van der Waals surface area contributed by atoms with Crippen molar-refractivity contribution >= 4 is 31.9 Å². The molecule has 0 aliphatic heterocycles. The zero-order chi connectivity index (χ0) is 57.2. The zero-order valence-electron chi connectivity index (χ0n) is 46.3. The van der Waals surface area contributed by atoms with Crippen LogP contribution < -0.4 is 10.6 Å². The molecule has 0 fully saturated rings. The Bertz CT molecular complexity index is 2980. The SMILES string of the molecule is Oc1c(Br)cccc1CCNCCc1cccc(-c2ccccc2)c1O.Oc1c(Br)cccc1CCNCCc1cccc(-c2ccccc2)c1O.[CH2-]c1ccccc1.[CH2-]c1ccccc1.[CH2-]c1ccccc1.[CH2-]c1ccccc1.[Hf].[Zr+3]. The number of hydrogen-bond acceptors (Lipinski definition) is 6. The number of halogens is 2. The number of phenolic OH excluding ortho intramolecular Hbond substituents is 4.